The summed E-state index contributed by atoms with van der Waals surface area (Å²) in [7, 11) is 0. The second-order valence-corrected chi connectivity index (χ2v) is 5.89. The number of carbonyl (C=O) groups is 1. The van der Waals surface area contributed by atoms with Gasteiger partial charge in [-0.25, -0.2) is 0 Å². The molecule has 0 aliphatic carbocycles. The third-order valence-corrected chi connectivity index (χ3v) is 3.55. The van der Waals surface area contributed by atoms with Crippen LogP contribution in [0, 0.1) is 23.2 Å². The number of nitriles is 1. The molecule has 0 aromatic heterocycles. The second kappa shape index (κ2) is 6.53. The number of nitrogens with two attached hydrogens (primary N) is 1. The average molecular weight is 273 g/mol. The lowest BCUT2D eigenvalue weighted by molar-refractivity contribution is -0.120. The van der Waals surface area contributed by atoms with Gasteiger partial charge in [0.15, 0.2) is 0 Å². The Labute approximate surface area is 121 Å². The Morgan fingerprint density at radius 3 is 2.30 bits per heavy atom. The SMILES string of the molecule is CC(C)C(CN)C(=O)Nc1ccc(C(C)(C)C#N)cc1. The molecule has 1 rings (SSSR count). The molecule has 0 saturated carbocycles. The number of nitrogens with zero attached hydrogens (tertiary/aromatic N) is 1. The van der Waals surface area contributed by atoms with Crippen molar-refractivity contribution in [3.63, 3.8) is 0 Å². The van der Waals surface area contributed by atoms with Crippen molar-refractivity contribution in [2.75, 3.05) is 11.9 Å². The summed E-state index contributed by atoms with van der Waals surface area (Å²) in [6.07, 6.45) is 0. The van der Waals surface area contributed by atoms with Crippen LogP contribution in [0.1, 0.15) is 33.3 Å². The van der Waals surface area contributed by atoms with E-state index in [1.165, 1.54) is 0 Å². The van der Waals surface area contributed by atoms with Gasteiger partial charge in [0.1, 0.15) is 0 Å². The van der Waals surface area contributed by atoms with Crippen LogP contribution >= 0.6 is 0 Å². The second-order valence-electron chi connectivity index (χ2n) is 5.89. The molecule has 1 atom stereocenters. The molecule has 0 fully saturated rings. The van der Waals surface area contributed by atoms with Crippen LogP contribution < -0.4 is 11.1 Å². The largest absolute Gasteiger partial charge is 0.330 e. The van der Waals surface area contributed by atoms with Gasteiger partial charge in [-0.15, -0.1) is 0 Å². The molecule has 4 heteroatoms. The highest BCUT2D eigenvalue weighted by molar-refractivity contribution is 5.92. The minimum atomic E-state index is -0.528. The number of hydrogen-bond donors (Lipinski definition) is 2. The molecule has 1 aromatic rings. The fourth-order valence-electron chi connectivity index (χ4n) is 1.95. The topological polar surface area (TPSA) is 78.9 Å². The standard InChI is InChI=1S/C16H23N3O/c1-11(2)14(9-17)15(20)19-13-7-5-12(6-8-13)16(3,4)10-18/h5-8,11,14H,9,17H2,1-4H3,(H,19,20). The number of hydrogen-bond acceptors (Lipinski definition) is 3. The van der Waals surface area contributed by atoms with Crippen LogP contribution in [-0.2, 0) is 10.2 Å². The fourth-order valence-corrected chi connectivity index (χ4v) is 1.95. The van der Waals surface area contributed by atoms with E-state index in [1.807, 2.05) is 52.0 Å². The van der Waals surface area contributed by atoms with Crippen LogP contribution in [0.2, 0.25) is 0 Å². The Morgan fingerprint density at radius 2 is 1.90 bits per heavy atom. The van der Waals surface area contributed by atoms with Crippen LogP contribution in [0.25, 0.3) is 0 Å². The molecule has 0 radical (unpaired) electrons. The highest BCUT2D eigenvalue weighted by atomic mass is 16.1. The van der Waals surface area contributed by atoms with E-state index in [2.05, 4.69) is 11.4 Å². The molecular formula is C16H23N3O. The van der Waals surface area contributed by atoms with Crippen LogP contribution in [0.5, 0.6) is 0 Å². The molecule has 20 heavy (non-hydrogen) atoms. The van der Waals surface area contributed by atoms with E-state index in [0.717, 1.165) is 11.3 Å². The van der Waals surface area contributed by atoms with E-state index in [9.17, 15) is 4.79 Å². The summed E-state index contributed by atoms with van der Waals surface area (Å²) in [5.41, 5.74) is 6.76. The molecule has 0 aliphatic rings. The zero-order chi connectivity index (χ0) is 15.3. The van der Waals surface area contributed by atoms with E-state index >= 15 is 0 Å². The Balaban J connectivity index is 2.81. The Bertz CT molecular complexity index is 497. The molecule has 0 spiro atoms. The van der Waals surface area contributed by atoms with Crippen molar-refractivity contribution >= 4 is 11.6 Å². The Kier molecular flexibility index (Phi) is 5.29. The molecule has 1 unspecified atom stereocenters. The van der Waals surface area contributed by atoms with E-state index in [1.54, 1.807) is 0 Å². The van der Waals surface area contributed by atoms with Crippen molar-refractivity contribution in [3.8, 4) is 6.07 Å². The number of anilines is 1. The van der Waals surface area contributed by atoms with Gasteiger partial charge < -0.3 is 11.1 Å². The zero-order valence-electron chi connectivity index (χ0n) is 12.6. The first-order chi connectivity index (χ1) is 9.31. The predicted octanol–water partition coefficient (Wildman–Crippen LogP) is 2.66. The lowest BCUT2D eigenvalue weighted by Crippen LogP contribution is -2.33. The van der Waals surface area contributed by atoms with Crippen LogP contribution in [0.4, 0.5) is 5.69 Å². The molecule has 0 aliphatic heterocycles. The van der Waals surface area contributed by atoms with Crippen molar-refractivity contribution in [2.24, 2.45) is 17.6 Å². The van der Waals surface area contributed by atoms with Gasteiger partial charge in [0.2, 0.25) is 5.91 Å². The van der Waals surface area contributed by atoms with E-state index in [4.69, 9.17) is 11.0 Å². The molecular weight excluding hydrogens is 250 g/mol. The van der Waals surface area contributed by atoms with Crippen LogP contribution in [0.15, 0.2) is 24.3 Å². The fraction of sp³-hybridized carbons (Fsp3) is 0.500. The van der Waals surface area contributed by atoms with Crippen molar-refractivity contribution in [1.82, 2.24) is 0 Å². The normalized spacial score (nSPS) is 12.8. The van der Waals surface area contributed by atoms with Gasteiger partial charge in [0.05, 0.1) is 17.4 Å². The van der Waals surface area contributed by atoms with Gasteiger partial charge in [-0.2, -0.15) is 5.26 Å². The molecule has 3 N–H and O–H groups in total. The summed E-state index contributed by atoms with van der Waals surface area (Å²) in [6.45, 7) is 8.03. The summed E-state index contributed by atoms with van der Waals surface area (Å²) >= 11 is 0. The summed E-state index contributed by atoms with van der Waals surface area (Å²) in [5, 5.41) is 12.0. The highest BCUT2D eigenvalue weighted by Gasteiger charge is 2.22. The number of amides is 1. The maximum atomic E-state index is 12.1. The zero-order valence-corrected chi connectivity index (χ0v) is 12.6. The Morgan fingerprint density at radius 1 is 1.35 bits per heavy atom. The number of nitrogens with one attached hydrogen (secondary N) is 1. The van der Waals surface area contributed by atoms with Gasteiger partial charge in [0, 0.05) is 12.2 Å². The summed E-state index contributed by atoms with van der Waals surface area (Å²) in [5.74, 6) is -0.0446. The van der Waals surface area contributed by atoms with Crippen molar-refractivity contribution in [1.29, 1.82) is 5.26 Å². The van der Waals surface area contributed by atoms with E-state index in [0.29, 0.717) is 6.54 Å². The monoisotopic (exact) mass is 273 g/mol. The predicted molar refractivity (Wildman–Crippen MR) is 81.1 cm³/mol. The third kappa shape index (κ3) is 3.82. The van der Waals surface area contributed by atoms with Crippen molar-refractivity contribution in [3.05, 3.63) is 29.8 Å². The average Bonchev–Trinajstić information content (AvgIpc) is 2.39. The molecule has 1 aromatic carbocycles. The first-order valence-corrected chi connectivity index (χ1v) is 6.84. The number of rotatable bonds is 5. The summed E-state index contributed by atoms with van der Waals surface area (Å²) in [6, 6.07) is 9.63. The van der Waals surface area contributed by atoms with Crippen molar-refractivity contribution in [2.45, 2.75) is 33.1 Å². The molecule has 0 saturated heterocycles. The lowest BCUT2D eigenvalue weighted by Gasteiger charge is -2.19. The summed E-state index contributed by atoms with van der Waals surface area (Å²) < 4.78 is 0. The van der Waals surface area contributed by atoms with Gasteiger partial charge >= 0.3 is 0 Å². The lowest BCUT2D eigenvalue weighted by atomic mass is 9.86. The number of carbonyl (C=O) groups excluding carboxylic acids is 1. The van der Waals surface area contributed by atoms with Crippen molar-refractivity contribution < 1.29 is 4.79 Å². The Hall–Kier alpha value is -1.86. The minimum absolute atomic E-state index is 0.0604. The first-order valence-electron chi connectivity index (χ1n) is 6.84. The maximum absolute atomic E-state index is 12.1. The molecule has 0 heterocycles. The first kappa shape index (κ1) is 16.2. The van der Waals surface area contributed by atoms with Crippen LogP contribution in [-0.4, -0.2) is 12.5 Å². The van der Waals surface area contributed by atoms with Gasteiger partial charge in [-0.1, -0.05) is 26.0 Å². The van der Waals surface area contributed by atoms with Crippen LogP contribution in [0.3, 0.4) is 0 Å². The highest BCUT2D eigenvalue weighted by Crippen LogP contribution is 2.24. The minimum Gasteiger partial charge on any atom is -0.330 e. The smallest absolute Gasteiger partial charge is 0.229 e. The molecule has 1 amide bonds. The summed E-state index contributed by atoms with van der Waals surface area (Å²) in [4.78, 5) is 12.1. The van der Waals surface area contributed by atoms with Gasteiger partial charge in [0.25, 0.3) is 0 Å². The van der Waals surface area contributed by atoms with E-state index < -0.39 is 5.41 Å². The van der Waals surface area contributed by atoms with E-state index in [-0.39, 0.29) is 17.7 Å². The quantitative estimate of drug-likeness (QED) is 0.865. The van der Waals surface area contributed by atoms with Gasteiger partial charge in [-0.3, -0.25) is 4.79 Å². The maximum Gasteiger partial charge on any atom is 0.229 e. The molecule has 0 bridgehead atoms. The molecule has 108 valence electrons. The van der Waals surface area contributed by atoms with Gasteiger partial charge in [-0.05, 0) is 37.5 Å². The molecule has 4 nitrogen and oxygen atoms in total. The third-order valence-electron chi connectivity index (χ3n) is 3.55. The number of benzene rings is 1.